The molecule has 2 amide bonds. The third kappa shape index (κ3) is 3.99. The van der Waals surface area contributed by atoms with Crippen molar-refractivity contribution in [3.05, 3.63) is 0 Å². The van der Waals surface area contributed by atoms with Crippen LogP contribution in [0, 0.1) is 0 Å². The van der Waals surface area contributed by atoms with E-state index in [4.69, 9.17) is 9.84 Å². The van der Waals surface area contributed by atoms with E-state index in [0.29, 0.717) is 13.2 Å². The van der Waals surface area contributed by atoms with Crippen LogP contribution in [0.3, 0.4) is 0 Å². The van der Waals surface area contributed by atoms with Crippen LogP contribution in [-0.2, 0) is 19.1 Å². The highest BCUT2D eigenvalue weighted by Crippen LogP contribution is 2.09. The standard InChI is InChI=1S/C11H18N2O5/c1-2-3-12-11(17)8-7-18-5-4-13(8)9(14)6-10(15)16/h8H,2-7H2,1H3,(H,12,17)(H,15,16). The van der Waals surface area contributed by atoms with E-state index in [9.17, 15) is 14.4 Å². The fourth-order valence-corrected chi connectivity index (χ4v) is 1.72. The number of hydrogen-bond acceptors (Lipinski definition) is 4. The molecular formula is C11H18N2O5. The number of nitrogens with zero attached hydrogens (tertiary/aromatic N) is 1. The van der Waals surface area contributed by atoms with Crippen LogP contribution < -0.4 is 5.32 Å². The lowest BCUT2D eigenvalue weighted by atomic mass is 10.2. The number of nitrogens with one attached hydrogen (secondary N) is 1. The van der Waals surface area contributed by atoms with Crippen molar-refractivity contribution in [3.63, 3.8) is 0 Å². The predicted octanol–water partition coefficient (Wildman–Crippen LogP) is -0.785. The van der Waals surface area contributed by atoms with Crippen molar-refractivity contribution in [2.75, 3.05) is 26.3 Å². The molecule has 0 saturated carbocycles. The van der Waals surface area contributed by atoms with Crippen LogP contribution in [0.2, 0.25) is 0 Å². The summed E-state index contributed by atoms with van der Waals surface area (Å²) in [5.74, 6) is -2.04. The molecule has 1 heterocycles. The summed E-state index contributed by atoms with van der Waals surface area (Å²) >= 11 is 0. The van der Waals surface area contributed by atoms with Crippen LogP contribution in [0.25, 0.3) is 0 Å². The Morgan fingerprint density at radius 1 is 1.44 bits per heavy atom. The minimum Gasteiger partial charge on any atom is -0.481 e. The Balaban J connectivity index is 2.64. The van der Waals surface area contributed by atoms with E-state index in [1.54, 1.807) is 0 Å². The molecule has 0 aliphatic carbocycles. The third-order valence-electron chi connectivity index (χ3n) is 2.60. The van der Waals surface area contributed by atoms with Crippen molar-refractivity contribution in [2.24, 2.45) is 0 Å². The highest BCUT2D eigenvalue weighted by atomic mass is 16.5. The Morgan fingerprint density at radius 3 is 2.78 bits per heavy atom. The molecule has 0 bridgehead atoms. The number of rotatable bonds is 5. The number of aliphatic carboxylic acids is 1. The number of carboxylic acids is 1. The Hall–Kier alpha value is -1.63. The van der Waals surface area contributed by atoms with Gasteiger partial charge in [0.25, 0.3) is 0 Å². The van der Waals surface area contributed by atoms with Gasteiger partial charge in [-0.25, -0.2) is 0 Å². The number of morpholine rings is 1. The lowest BCUT2D eigenvalue weighted by Crippen LogP contribution is -2.56. The van der Waals surface area contributed by atoms with Gasteiger partial charge in [-0.05, 0) is 6.42 Å². The smallest absolute Gasteiger partial charge is 0.312 e. The fraction of sp³-hybridized carbons (Fsp3) is 0.727. The maximum Gasteiger partial charge on any atom is 0.312 e. The Labute approximate surface area is 105 Å². The lowest BCUT2D eigenvalue weighted by molar-refractivity contribution is -0.153. The summed E-state index contributed by atoms with van der Waals surface area (Å²) in [4.78, 5) is 35.3. The molecule has 7 heteroatoms. The minimum atomic E-state index is -1.20. The molecule has 1 saturated heterocycles. The van der Waals surface area contributed by atoms with Gasteiger partial charge in [0, 0.05) is 13.1 Å². The summed E-state index contributed by atoms with van der Waals surface area (Å²) in [7, 11) is 0. The molecule has 1 rings (SSSR count). The summed E-state index contributed by atoms with van der Waals surface area (Å²) in [6, 6.07) is -0.725. The van der Waals surface area contributed by atoms with Gasteiger partial charge in [-0.1, -0.05) is 6.92 Å². The number of amides is 2. The zero-order chi connectivity index (χ0) is 13.5. The molecule has 1 atom stereocenters. The van der Waals surface area contributed by atoms with Crippen molar-refractivity contribution < 1.29 is 24.2 Å². The zero-order valence-corrected chi connectivity index (χ0v) is 10.3. The molecule has 1 aliphatic rings. The summed E-state index contributed by atoms with van der Waals surface area (Å²) in [5.41, 5.74) is 0. The highest BCUT2D eigenvalue weighted by Gasteiger charge is 2.33. The van der Waals surface area contributed by atoms with Crippen LogP contribution in [0.1, 0.15) is 19.8 Å². The molecule has 1 aliphatic heterocycles. The first kappa shape index (κ1) is 14.4. The zero-order valence-electron chi connectivity index (χ0n) is 10.3. The van der Waals surface area contributed by atoms with Crippen molar-refractivity contribution in [2.45, 2.75) is 25.8 Å². The average molecular weight is 258 g/mol. The van der Waals surface area contributed by atoms with Crippen LogP contribution in [-0.4, -0.2) is 60.1 Å². The van der Waals surface area contributed by atoms with Crippen molar-refractivity contribution in [1.82, 2.24) is 10.2 Å². The minimum absolute atomic E-state index is 0.112. The van der Waals surface area contributed by atoms with Gasteiger partial charge in [0.05, 0.1) is 13.2 Å². The normalized spacial score (nSPS) is 19.4. The first-order valence-electron chi connectivity index (χ1n) is 5.93. The molecule has 7 nitrogen and oxygen atoms in total. The van der Waals surface area contributed by atoms with Gasteiger partial charge in [0.15, 0.2) is 0 Å². The van der Waals surface area contributed by atoms with E-state index < -0.39 is 24.3 Å². The first-order valence-corrected chi connectivity index (χ1v) is 5.93. The Morgan fingerprint density at radius 2 is 2.17 bits per heavy atom. The van der Waals surface area contributed by atoms with Crippen LogP contribution in [0.5, 0.6) is 0 Å². The van der Waals surface area contributed by atoms with E-state index in [-0.39, 0.29) is 19.1 Å². The molecule has 0 aromatic rings. The SMILES string of the molecule is CCCNC(=O)C1COCCN1C(=O)CC(=O)O. The third-order valence-corrected chi connectivity index (χ3v) is 2.60. The van der Waals surface area contributed by atoms with Crippen molar-refractivity contribution >= 4 is 17.8 Å². The van der Waals surface area contributed by atoms with Gasteiger partial charge in [0.2, 0.25) is 11.8 Å². The molecule has 102 valence electrons. The number of hydrogen-bond donors (Lipinski definition) is 2. The van der Waals surface area contributed by atoms with Gasteiger partial charge in [-0.2, -0.15) is 0 Å². The fourth-order valence-electron chi connectivity index (χ4n) is 1.72. The monoisotopic (exact) mass is 258 g/mol. The quantitative estimate of drug-likeness (QED) is 0.630. The van der Waals surface area contributed by atoms with E-state index in [2.05, 4.69) is 5.32 Å². The molecule has 2 N–H and O–H groups in total. The van der Waals surface area contributed by atoms with E-state index >= 15 is 0 Å². The second-order valence-electron chi connectivity index (χ2n) is 4.04. The summed E-state index contributed by atoms with van der Waals surface area (Å²) in [6.45, 7) is 3.13. The molecule has 0 radical (unpaired) electrons. The van der Waals surface area contributed by atoms with Crippen LogP contribution in [0.15, 0.2) is 0 Å². The van der Waals surface area contributed by atoms with E-state index in [1.165, 1.54) is 4.90 Å². The van der Waals surface area contributed by atoms with Gasteiger partial charge >= 0.3 is 5.97 Å². The summed E-state index contributed by atoms with van der Waals surface area (Å²) in [5, 5.41) is 11.3. The number of carbonyl (C=O) groups is 3. The largest absolute Gasteiger partial charge is 0.481 e. The van der Waals surface area contributed by atoms with Gasteiger partial charge in [0.1, 0.15) is 12.5 Å². The highest BCUT2D eigenvalue weighted by molar-refractivity contribution is 5.96. The molecule has 18 heavy (non-hydrogen) atoms. The molecule has 1 unspecified atom stereocenters. The second-order valence-corrected chi connectivity index (χ2v) is 4.04. The van der Waals surface area contributed by atoms with Crippen molar-refractivity contribution in [3.8, 4) is 0 Å². The molecule has 0 aromatic heterocycles. The van der Waals surface area contributed by atoms with E-state index in [0.717, 1.165) is 6.42 Å². The molecule has 0 aromatic carbocycles. The van der Waals surface area contributed by atoms with Gasteiger partial charge in [-0.3, -0.25) is 14.4 Å². The summed E-state index contributed by atoms with van der Waals surface area (Å²) < 4.78 is 5.17. The number of ether oxygens (including phenoxy) is 1. The van der Waals surface area contributed by atoms with E-state index in [1.807, 2.05) is 6.92 Å². The number of carboxylic acid groups (broad SMARTS) is 1. The van der Waals surface area contributed by atoms with Gasteiger partial charge in [-0.15, -0.1) is 0 Å². The maximum atomic E-state index is 11.8. The predicted molar refractivity (Wildman–Crippen MR) is 61.9 cm³/mol. The van der Waals surface area contributed by atoms with Crippen LogP contribution in [0.4, 0.5) is 0 Å². The average Bonchev–Trinajstić information content (AvgIpc) is 2.35. The lowest BCUT2D eigenvalue weighted by Gasteiger charge is -2.34. The summed E-state index contributed by atoms with van der Waals surface area (Å²) in [6.07, 6.45) is 0.194. The Bertz CT molecular complexity index is 331. The molecule has 0 spiro atoms. The number of carbonyl (C=O) groups excluding carboxylic acids is 2. The molecular weight excluding hydrogens is 240 g/mol. The topological polar surface area (TPSA) is 95.9 Å². The second kappa shape index (κ2) is 6.95. The molecule has 1 fully saturated rings. The Kier molecular flexibility index (Phi) is 5.57. The van der Waals surface area contributed by atoms with Crippen molar-refractivity contribution in [1.29, 1.82) is 0 Å². The first-order chi connectivity index (χ1) is 8.56. The maximum absolute atomic E-state index is 11.8. The van der Waals surface area contributed by atoms with Crippen LogP contribution >= 0.6 is 0 Å². The van der Waals surface area contributed by atoms with Gasteiger partial charge < -0.3 is 20.1 Å².